The van der Waals surface area contributed by atoms with Gasteiger partial charge in [-0.3, -0.25) is 4.90 Å². The predicted molar refractivity (Wildman–Crippen MR) is 87.1 cm³/mol. The van der Waals surface area contributed by atoms with Crippen LogP contribution in [-0.2, 0) is 6.18 Å². The Balaban J connectivity index is 1.98. The summed E-state index contributed by atoms with van der Waals surface area (Å²) < 4.78 is 38.7. The van der Waals surface area contributed by atoms with Gasteiger partial charge >= 0.3 is 6.18 Å². The van der Waals surface area contributed by atoms with Crippen molar-refractivity contribution in [1.29, 1.82) is 0 Å². The molecule has 0 saturated carbocycles. The van der Waals surface area contributed by atoms with Crippen molar-refractivity contribution in [3.8, 4) is 0 Å². The SMILES string of the molecule is FC(F)(F)c1ccc([C@@H](c2ccsc2)N2CCNCC2)cc1Cl. The number of thiophene rings is 1. The van der Waals surface area contributed by atoms with Crippen molar-refractivity contribution in [2.75, 3.05) is 26.2 Å². The van der Waals surface area contributed by atoms with Crippen LogP contribution in [0, 0.1) is 0 Å². The zero-order valence-corrected chi connectivity index (χ0v) is 13.8. The molecule has 1 aliphatic rings. The standard InChI is InChI=1S/C16H16ClF3N2S/c17-14-9-11(1-2-13(14)16(18,19)20)15(12-3-8-23-10-12)22-6-4-21-5-7-22/h1-3,8-10,15,21H,4-7H2/t15-/m0/s1. The molecular formula is C16H16ClF3N2S. The van der Waals surface area contributed by atoms with Crippen LogP contribution in [0.5, 0.6) is 0 Å². The van der Waals surface area contributed by atoms with Crippen molar-refractivity contribution >= 4 is 22.9 Å². The summed E-state index contributed by atoms with van der Waals surface area (Å²) in [7, 11) is 0. The van der Waals surface area contributed by atoms with E-state index in [2.05, 4.69) is 10.2 Å². The number of nitrogens with zero attached hydrogens (tertiary/aromatic N) is 1. The molecule has 0 aliphatic carbocycles. The Hall–Kier alpha value is -1.08. The molecule has 1 N–H and O–H groups in total. The maximum Gasteiger partial charge on any atom is 0.417 e. The van der Waals surface area contributed by atoms with Gasteiger partial charge in [0, 0.05) is 26.2 Å². The molecule has 1 atom stereocenters. The quantitative estimate of drug-likeness (QED) is 0.872. The number of nitrogens with one attached hydrogen (secondary N) is 1. The molecule has 124 valence electrons. The van der Waals surface area contributed by atoms with E-state index in [1.807, 2.05) is 16.8 Å². The van der Waals surface area contributed by atoms with Crippen molar-refractivity contribution in [2.45, 2.75) is 12.2 Å². The van der Waals surface area contributed by atoms with E-state index in [4.69, 9.17) is 11.6 Å². The fraction of sp³-hybridized carbons (Fsp3) is 0.375. The van der Waals surface area contributed by atoms with Gasteiger partial charge in [-0.25, -0.2) is 0 Å². The molecule has 23 heavy (non-hydrogen) atoms. The Kier molecular flexibility index (Phi) is 4.96. The Bertz CT molecular complexity index is 652. The van der Waals surface area contributed by atoms with E-state index in [1.54, 1.807) is 17.4 Å². The lowest BCUT2D eigenvalue weighted by molar-refractivity contribution is -0.137. The molecule has 0 spiro atoms. The lowest BCUT2D eigenvalue weighted by Gasteiger charge is -2.35. The van der Waals surface area contributed by atoms with E-state index in [1.165, 1.54) is 6.07 Å². The van der Waals surface area contributed by atoms with E-state index in [9.17, 15) is 13.2 Å². The highest BCUT2D eigenvalue weighted by molar-refractivity contribution is 7.08. The van der Waals surface area contributed by atoms with Gasteiger partial charge in [-0.15, -0.1) is 0 Å². The van der Waals surface area contributed by atoms with Crippen LogP contribution >= 0.6 is 22.9 Å². The van der Waals surface area contributed by atoms with Gasteiger partial charge in [0.2, 0.25) is 0 Å². The summed E-state index contributed by atoms with van der Waals surface area (Å²) in [6, 6.07) is 6.03. The van der Waals surface area contributed by atoms with Crippen molar-refractivity contribution < 1.29 is 13.2 Å². The molecule has 0 radical (unpaired) electrons. The summed E-state index contributed by atoms with van der Waals surface area (Å²) in [6.45, 7) is 3.43. The molecule has 0 bridgehead atoms. The fourth-order valence-corrected chi connectivity index (χ4v) is 3.89. The maximum atomic E-state index is 12.9. The number of hydrogen-bond donors (Lipinski definition) is 1. The maximum absolute atomic E-state index is 12.9. The molecule has 0 unspecified atom stereocenters. The minimum Gasteiger partial charge on any atom is -0.314 e. The van der Waals surface area contributed by atoms with E-state index in [-0.39, 0.29) is 11.1 Å². The third-order valence-corrected chi connectivity index (χ3v) is 5.00. The smallest absolute Gasteiger partial charge is 0.314 e. The van der Waals surface area contributed by atoms with Gasteiger partial charge in [0.1, 0.15) is 0 Å². The van der Waals surface area contributed by atoms with E-state index >= 15 is 0 Å². The first-order chi connectivity index (χ1) is 11.0. The van der Waals surface area contributed by atoms with E-state index in [0.29, 0.717) is 0 Å². The number of benzene rings is 1. The van der Waals surface area contributed by atoms with Crippen LogP contribution in [0.4, 0.5) is 13.2 Å². The van der Waals surface area contributed by atoms with Crippen molar-refractivity contribution in [3.63, 3.8) is 0 Å². The Morgan fingerprint density at radius 2 is 1.87 bits per heavy atom. The summed E-state index contributed by atoms with van der Waals surface area (Å²) in [5, 5.41) is 7.07. The Morgan fingerprint density at radius 3 is 2.43 bits per heavy atom. The third-order valence-electron chi connectivity index (χ3n) is 3.99. The number of piperazine rings is 1. The zero-order valence-electron chi connectivity index (χ0n) is 12.2. The molecule has 0 amide bonds. The van der Waals surface area contributed by atoms with Gasteiger partial charge in [0.25, 0.3) is 0 Å². The van der Waals surface area contributed by atoms with Crippen LogP contribution in [0.1, 0.15) is 22.7 Å². The van der Waals surface area contributed by atoms with Gasteiger partial charge in [0.05, 0.1) is 16.6 Å². The first-order valence-electron chi connectivity index (χ1n) is 7.30. The molecule has 1 aromatic heterocycles. The lowest BCUT2D eigenvalue weighted by Crippen LogP contribution is -2.45. The van der Waals surface area contributed by atoms with Crippen LogP contribution in [0.15, 0.2) is 35.0 Å². The second-order valence-electron chi connectivity index (χ2n) is 5.48. The van der Waals surface area contributed by atoms with Gasteiger partial charge in [0.15, 0.2) is 0 Å². The van der Waals surface area contributed by atoms with E-state index in [0.717, 1.165) is 43.4 Å². The molecule has 1 saturated heterocycles. The second-order valence-corrected chi connectivity index (χ2v) is 6.67. The number of halogens is 4. The summed E-state index contributed by atoms with van der Waals surface area (Å²) in [5.41, 5.74) is 1.10. The largest absolute Gasteiger partial charge is 0.417 e. The molecule has 1 fully saturated rings. The molecule has 2 nitrogen and oxygen atoms in total. The number of alkyl halides is 3. The zero-order chi connectivity index (χ0) is 16.4. The molecule has 1 aromatic carbocycles. The van der Waals surface area contributed by atoms with E-state index < -0.39 is 11.7 Å². The molecule has 2 aromatic rings. The fourth-order valence-electron chi connectivity index (χ4n) is 2.92. The predicted octanol–water partition coefficient (Wildman–Crippen LogP) is 4.41. The van der Waals surface area contributed by atoms with Crippen LogP contribution in [0.2, 0.25) is 5.02 Å². The first kappa shape index (κ1) is 16.8. The summed E-state index contributed by atoms with van der Waals surface area (Å²) in [6.07, 6.45) is -4.43. The van der Waals surface area contributed by atoms with Crippen LogP contribution in [0.25, 0.3) is 0 Å². The summed E-state index contributed by atoms with van der Waals surface area (Å²) in [4.78, 5) is 2.28. The minimum atomic E-state index is -4.43. The van der Waals surface area contributed by atoms with Gasteiger partial charge < -0.3 is 5.32 Å². The average Bonchev–Trinajstić information content (AvgIpc) is 3.01. The number of rotatable bonds is 3. The van der Waals surface area contributed by atoms with Crippen molar-refractivity contribution in [1.82, 2.24) is 10.2 Å². The van der Waals surface area contributed by atoms with Crippen LogP contribution in [-0.4, -0.2) is 31.1 Å². The topological polar surface area (TPSA) is 15.3 Å². The van der Waals surface area contributed by atoms with Gasteiger partial charge in [-0.1, -0.05) is 17.7 Å². The number of hydrogen-bond acceptors (Lipinski definition) is 3. The third kappa shape index (κ3) is 3.71. The molecule has 3 rings (SSSR count). The summed E-state index contributed by atoms with van der Waals surface area (Å²) in [5.74, 6) is 0. The van der Waals surface area contributed by atoms with Crippen LogP contribution < -0.4 is 5.32 Å². The Morgan fingerprint density at radius 1 is 1.13 bits per heavy atom. The highest BCUT2D eigenvalue weighted by Gasteiger charge is 2.34. The van der Waals surface area contributed by atoms with Gasteiger partial charge in [-0.05, 0) is 40.1 Å². The molecule has 1 aliphatic heterocycles. The van der Waals surface area contributed by atoms with Gasteiger partial charge in [-0.2, -0.15) is 24.5 Å². The van der Waals surface area contributed by atoms with Crippen LogP contribution in [0.3, 0.4) is 0 Å². The molecule has 2 heterocycles. The molecular weight excluding hydrogens is 345 g/mol. The summed E-state index contributed by atoms with van der Waals surface area (Å²) >= 11 is 7.49. The highest BCUT2D eigenvalue weighted by atomic mass is 35.5. The average molecular weight is 361 g/mol. The Labute approximate surface area is 141 Å². The van der Waals surface area contributed by atoms with Crippen molar-refractivity contribution in [3.05, 3.63) is 56.7 Å². The highest BCUT2D eigenvalue weighted by Crippen LogP contribution is 2.38. The monoisotopic (exact) mass is 360 g/mol. The molecule has 7 heteroatoms. The lowest BCUT2D eigenvalue weighted by atomic mass is 9.97. The second kappa shape index (κ2) is 6.81. The minimum absolute atomic E-state index is 0.0665. The normalized spacial score (nSPS) is 18.1. The van der Waals surface area contributed by atoms with Crippen molar-refractivity contribution in [2.24, 2.45) is 0 Å². The first-order valence-corrected chi connectivity index (χ1v) is 8.62.